The minimum absolute atomic E-state index is 0.000887. The molecule has 0 atom stereocenters. The van der Waals surface area contributed by atoms with E-state index in [0.29, 0.717) is 29.4 Å². The van der Waals surface area contributed by atoms with Gasteiger partial charge in [-0.3, -0.25) is 9.69 Å². The molecule has 0 fully saturated rings. The summed E-state index contributed by atoms with van der Waals surface area (Å²) in [6.07, 6.45) is -3.39. The van der Waals surface area contributed by atoms with Crippen molar-refractivity contribution in [3.8, 4) is 28.4 Å². The molecule has 5 rings (SSSR count). The molecule has 2 aromatic carbocycles. The van der Waals surface area contributed by atoms with Gasteiger partial charge in [-0.05, 0) is 42.0 Å². The Morgan fingerprint density at radius 3 is 2.54 bits per heavy atom. The molecule has 35 heavy (non-hydrogen) atoms. The van der Waals surface area contributed by atoms with Crippen molar-refractivity contribution in [2.75, 3.05) is 21.0 Å². The van der Waals surface area contributed by atoms with Gasteiger partial charge in [0.15, 0.2) is 11.5 Å². The lowest BCUT2D eigenvalue weighted by molar-refractivity contribution is -0.152. The predicted octanol–water partition coefficient (Wildman–Crippen LogP) is 5.44. The molecule has 1 aliphatic rings. The van der Waals surface area contributed by atoms with E-state index in [1.54, 1.807) is 18.2 Å². The van der Waals surface area contributed by atoms with Gasteiger partial charge in [-0.15, -0.1) is 0 Å². The van der Waals surface area contributed by atoms with E-state index < -0.39 is 22.9 Å². The first-order valence-electron chi connectivity index (χ1n) is 10.6. The lowest BCUT2D eigenvalue weighted by Crippen LogP contribution is -2.31. The van der Waals surface area contributed by atoms with Crippen molar-refractivity contribution in [1.82, 2.24) is 4.90 Å². The van der Waals surface area contributed by atoms with Crippen LogP contribution in [0, 0.1) is 0 Å². The zero-order chi connectivity index (χ0) is 24.7. The molecule has 0 N–H and O–H groups in total. The molecule has 10 heteroatoms. The van der Waals surface area contributed by atoms with Crippen LogP contribution >= 0.6 is 0 Å². The summed E-state index contributed by atoms with van der Waals surface area (Å²) in [5.41, 5.74) is -1.21. The molecular weight excluding hydrogens is 467 g/mol. The molecule has 0 radical (unpaired) electrons. The zero-order valence-corrected chi connectivity index (χ0v) is 18.8. The van der Waals surface area contributed by atoms with Gasteiger partial charge in [0.05, 0.1) is 43.5 Å². The lowest BCUT2D eigenvalue weighted by atomic mass is 9.99. The second kappa shape index (κ2) is 8.70. The highest BCUT2D eigenvalue weighted by atomic mass is 19.4. The van der Waals surface area contributed by atoms with E-state index in [-0.39, 0.29) is 35.6 Å². The number of hydrogen-bond acceptors (Lipinski definition) is 7. The zero-order valence-electron chi connectivity index (χ0n) is 18.8. The molecule has 7 nitrogen and oxygen atoms in total. The summed E-state index contributed by atoms with van der Waals surface area (Å²) in [6, 6.07) is 10.6. The van der Waals surface area contributed by atoms with Crippen LogP contribution in [0.1, 0.15) is 17.1 Å². The Morgan fingerprint density at radius 1 is 1.06 bits per heavy atom. The smallest absolute Gasteiger partial charge is 0.450 e. The number of alkyl halides is 3. The molecule has 0 bridgehead atoms. The molecule has 0 saturated heterocycles. The van der Waals surface area contributed by atoms with Crippen LogP contribution in [-0.4, -0.2) is 25.9 Å². The monoisotopic (exact) mass is 487 g/mol. The maximum absolute atomic E-state index is 14.2. The highest BCUT2D eigenvalue weighted by Gasteiger charge is 2.40. The summed E-state index contributed by atoms with van der Waals surface area (Å²) >= 11 is 0. The fourth-order valence-corrected chi connectivity index (χ4v) is 4.19. The lowest BCUT2D eigenvalue weighted by Gasteiger charge is -2.28. The van der Waals surface area contributed by atoms with Crippen LogP contribution in [0.4, 0.5) is 13.2 Å². The van der Waals surface area contributed by atoms with Crippen LogP contribution in [0.2, 0.25) is 0 Å². The number of rotatable bonds is 5. The largest absolute Gasteiger partial charge is 0.493 e. The van der Waals surface area contributed by atoms with Crippen LogP contribution in [0.25, 0.3) is 22.1 Å². The quantitative estimate of drug-likeness (QED) is 0.371. The summed E-state index contributed by atoms with van der Waals surface area (Å²) < 4.78 is 69.5. The summed E-state index contributed by atoms with van der Waals surface area (Å²) in [5, 5.41) is 0.0185. The second-order valence-electron chi connectivity index (χ2n) is 7.96. The third-order valence-corrected chi connectivity index (χ3v) is 5.79. The van der Waals surface area contributed by atoms with E-state index >= 15 is 0 Å². The Labute approximate surface area is 197 Å². The summed E-state index contributed by atoms with van der Waals surface area (Å²) in [6.45, 7) is 0.797. The topological polar surface area (TPSA) is 74.3 Å². The normalized spacial score (nSPS) is 14.0. The van der Waals surface area contributed by atoms with Gasteiger partial charge in [-0.2, -0.15) is 13.2 Å². The number of fused-ring (bicyclic) bond motifs is 3. The predicted molar refractivity (Wildman–Crippen MR) is 119 cm³/mol. The second-order valence-corrected chi connectivity index (χ2v) is 7.96. The van der Waals surface area contributed by atoms with Gasteiger partial charge >= 0.3 is 6.18 Å². The molecule has 4 aromatic rings. The fraction of sp³-hybridized carbons (Fsp3) is 0.240. The fourth-order valence-electron chi connectivity index (χ4n) is 4.19. The van der Waals surface area contributed by atoms with Crippen LogP contribution < -0.4 is 19.6 Å². The van der Waals surface area contributed by atoms with Crippen molar-refractivity contribution in [3.05, 3.63) is 76.0 Å². The Kier molecular flexibility index (Phi) is 5.68. The molecule has 0 unspecified atom stereocenters. The van der Waals surface area contributed by atoms with Gasteiger partial charge in [-0.25, -0.2) is 0 Å². The molecule has 182 valence electrons. The molecule has 0 saturated carbocycles. The first-order chi connectivity index (χ1) is 16.8. The number of ether oxygens (including phenoxy) is 3. The number of benzene rings is 2. The highest BCUT2D eigenvalue weighted by molar-refractivity contribution is 5.87. The van der Waals surface area contributed by atoms with E-state index in [1.165, 1.54) is 44.7 Å². The summed E-state index contributed by atoms with van der Waals surface area (Å²) in [7, 11) is 2.76. The number of halogens is 3. The first kappa shape index (κ1) is 22.9. The first-order valence-corrected chi connectivity index (χ1v) is 10.6. The van der Waals surface area contributed by atoms with Crippen molar-refractivity contribution < 1.29 is 36.2 Å². The van der Waals surface area contributed by atoms with Gasteiger partial charge in [0, 0.05) is 6.54 Å². The third kappa shape index (κ3) is 4.10. The van der Waals surface area contributed by atoms with Crippen LogP contribution in [0.3, 0.4) is 0 Å². The van der Waals surface area contributed by atoms with E-state index in [9.17, 15) is 18.0 Å². The van der Waals surface area contributed by atoms with E-state index in [4.69, 9.17) is 23.0 Å². The highest BCUT2D eigenvalue weighted by Crippen LogP contribution is 2.41. The van der Waals surface area contributed by atoms with E-state index in [1.807, 2.05) is 4.90 Å². The van der Waals surface area contributed by atoms with Crippen molar-refractivity contribution in [2.24, 2.45) is 0 Å². The van der Waals surface area contributed by atoms with Crippen LogP contribution in [-0.2, 0) is 19.3 Å². The standard InChI is InChI=1S/C25H20F3NO6/c1-31-19-7-5-14(10-20(19)32-2)21-22(30)16-6-8-18-17(23(16)35-24(21)25(26,27)28)12-29(13-34-18)11-15-4-3-9-33-15/h3-10H,11-13H2,1-2H3. The van der Waals surface area contributed by atoms with Crippen molar-refractivity contribution in [1.29, 1.82) is 0 Å². The molecule has 3 heterocycles. The van der Waals surface area contributed by atoms with Crippen LogP contribution in [0.5, 0.6) is 17.2 Å². The van der Waals surface area contributed by atoms with Crippen LogP contribution in [0.15, 0.2) is 62.4 Å². The molecule has 0 amide bonds. The number of nitrogens with zero attached hydrogens (tertiary/aromatic N) is 1. The van der Waals surface area contributed by atoms with E-state index in [2.05, 4.69) is 0 Å². The number of methoxy groups -OCH3 is 2. The number of furan rings is 1. The summed E-state index contributed by atoms with van der Waals surface area (Å²) in [5.74, 6) is 0.149. The van der Waals surface area contributed by atoms with Gasteiger partial charge in [0.1, 0.15) is 23.8 Å². The van der Waals surface area contributed by atoms with Gasteiger partial charge < -0.3 is 23.0 Å². The molecule has 0 aliphatic carbocycles. The van der Waals surface area contributed by atoms with Crippen molar-refractivity contribution in [3.63, 3.8) is 0 Å². The Morgan fingerprint density at radius 2 is 1.86 bits per heavy atom. The van der Waals surface area contributed by atoms with E-state index in [0.717, 1.165) is 0 Å². The Hall–Kier alpha value is -3.92. The molecule has 2 aromatic heterocycles. The van der Waals surface area contributed by atoms with Gasteiger partial charge in [0.25, 0.3) is 0 Å². The SMILES string of the molecule is COc1ccc(-c2c(C(F)(F)F)oc3c4c(ccc3c2=O)OCN(Cc2ccco2)C4)cc1OC. The molecular formula is C25H20F3NO6. The average molecular weight is 487 g/mol. The average Bonchev–Trinajstić information content (AvgIpc) is 3.35. The maximum Gasteiger partial charge on any atom is 0.450 e. The Balaban J connectivity index is 1.69. The minimum Gasteiger partial charge on any atom is -0.493 e. The number of hydrogen-bond donors (Lipinski definition) is 0. The maximum atomic E-state index is 14.2. The molecule has 0 spiro atoms. The third-order valence-electron chi connectivity index (χ3n) is 5.79. The molecule has 1 aliphatic heterocycles. The summed E-state index contributed by atoms with van der Waals surface area (Å²) in [4.78, 5) is 15.3. The van der Waals surface area contributed by atoms with Crippen molar-refractivity contribution >= 4 is 11.0 Å². The Bertz CT molecular complexity index is 1440. The minimum atomic E-state index is -4.93. The van der Waals surface area contributed by atoms with Gasteiger partial charge in [-0.1, -0.05) is 6.07 Å². The van der Waals surface area contributed by atoms with Gasteiger partial charge in [0.2, 0.25) is 11.2 Å². The van der Waals surface area contributed by atoms with Crippen molar-refractivity contribution in [2.45, 2.75) is 19.3 Å².